The average molecular weight is 421 g/mol. The Bertz CT molecular complexity index is 1130. The molecule has 4 rings (SSSR count). The van der Waals surface area contributed by atoms with Crippen LogP contribution in [-0.4, -0.2) is 31.1 Å². The number of rotatable bonds is 4. The van der Waals surface area contributed by atoms with Crippen LogP contribution in [0.4, 0.5) is 10.8 Å². The zero-order valence-electron chi connectivity index (χ0n) is 13.8. The van der Waals surface area contributed by atoms with Crippen molar-refractivity contribution in [2.75, 3.05) is 16.2 Å². The van der Waals surface area contributed by atoms with Crippen LogP contribution in [-0.2, 0) is 16.4 Å². The number of aromatic nitrogens is 2. The van der Waals surface area contributed by atoms with Crippen molar-refractivity contribution < 1.29 is 13.2 Å². The van der Waals surface area contributed by atoms with E-state index in [0.717, 1.165) is 16.9 Å². The SMILES string of the molecule is O=C(Nc1nnc(S(=O)(=O)N2CCc3ccccc32)s1)c1ccccc1Cl. The van der Waals surface area contributed by atoms with Crippen molar-refractivity contribution in [2.45, 2.75) is 10.8 Å². The molecule has 138 valence electrons. The van der Waals surface area contributed by atoms with Gasteiger partial charge in [-0.15, -0.1) is 10.2 Å². The van der Waals surface area contributed by atoms with E-state index in [4.69, 9.17) is 11.6 Å². The number of carbonyl (C=O) groups excluding carboxylic acids is 1. The maximum atomic E-state index is 12.9. The predicted molar refractivity (Wildman–Crippen MR) is 104 cm³/mol. The van der Waals surface area contributed by atoms with E-state index >= 15 is 0 Å². The van der Waals surface area contributed by atoms with Crippen LogP contribution < -0.4 is 9.62 Å². The lowest BCUT2D eigenvalue weighted by Crippen LogP contribution is -2.29. The van der Waals surface area contributed by atoms with E-state index in [9.17, 15) is 13.2 Å². The summed E-state index contributed by atoms with van der Waals surface area (Å²) in [6.07, 6.45) is 0.643. The highest BCUT2D eigenvalue weighted by Gasteiger charge is 2.33. The molecule has 10 heteroatoms. The summed E-state index contributed by atoms with van der Waals surface area (Å²) in [5.74, 6) is -0.479. The first kappa shape index (κ1) is 17.9. The zero-order chi connectivity index (χ0) is 19.0. The molecule has 0 radical (unpaired) electrons. The van der Waals surface area contributed by atoms with Gasteiger partial charge in [0.05, 0.1) is 16.3 Å². The van der Waals surface area contributed by atoms with Crippen molar-refractivity contribution in [2.24, 2.45) is 0 Å². The van der Waals surface area contributed by atoms with Crippen molar-refractivity contribution in [3.05, 3.63) is 64.7 Å². The van der Waals surface area contributed by atoms with Gasteiger partial charge in [-0.25, -0.2) is 0 Å². The average Bonchev–Trinajstić information content (AvgIpc) is 3.29. The van der Waals surface area contributed by atoms with E-state index in [0.29, 0.717) is 23.7 Å². The highest BCUT2D eigenvalue weighted by atomic mass is 35.5. The Labute approximate surface area is 164 Å². The summed E-state index contributed by atoms with van der Waals surface area (Å²) in [5.41, 5.74) is 1.89. The second kappa shape index (κ2) is 6.91. The molecular formula is C17H13ClN4O3S2. The fraction of sp³-hybridized carbons (Fsp3) is 0.118. The number of hydrogen-bond acceptors (Lipinski definition) is 6. The van der Waals surface area contributed by atoms with E-state index in [1.165, 1.54) is 4.31 Å². The van der Waals surface area contributed by atoms with Gasteiger partial charge in [0, 0.05) is 6.54 Å². The van der Waals surface area contributed by atoms with E-state index in [1.54, 1.807) is 36.4 Å². The molecule has 0 atom stereocenters. The molecule has 0 saturated carbocycles. The summed E-state index contributed by atoms with van der Waals surface area (Å²) in [6, 6.07) is 13.9. The van der Waals surface area contributed by atoms with Gasteiger partial charge < -0.3 is 0 Å². The molecule has 0 spiro atoms. The number of nitrogens with zero attached hydrogens (tertiary/aromatic N) is 3. The van der Waals surface area contributed by atoms with Crippen LogP contribution in [0.1, 0.15) is 15.9 Å². The van der Waals surface area contributed by atoms with Crippen LogP contribution in [0.15, 0.2) is 52.9 Å². The van der Waals surface area contributed by atoms with E-state index < -0.39 is 15.9 Å². The van der Waals surface area contributed by atoms with E-state index in [2.05, 4.69) is 15.5 Å². The smallest absolute Gasteiger partial charge is 0.293 e. The third kappa shape index (κ3) is 3.29. The molecule has 0 unspecified atom stereocenters. The molecule has 7 nitrogen and oxygen atoms in total. The quantitative estimate of drug-likeness (QED) is 0.654. The number of nitrogens with one attached hydrogen (secondary N) is 1. The minimum atomic E-state index is -3.84. The summed E-state index contributed by atoms with van der Waals surface area (Å²) in [7, 11) is -3.84. The molecule has 3 aromatic rings. The lowest BCUT2D eigenvalue weighted by atomic mass is 10.2. The second-order valence-electron chi connectivity index (χ2n) is 5.76. The van der Waals surface area contributed by atoms with Gasteiger partial charge in [0.1, 0.15) is 0 Å². The Balaban J connectivity index is 1.58. The summed E-state index contributed by atoms with van der Waals surface area (Å²) in [4.78, 5) is 12.3. The van der Waals surface area contributed by atoms with Crippen molar-refractivity contribution in [3.8, 4) is 0 Å². The van der Waals surface area contributed by atoms with Gasteiger partial charge in [0.2, 0.25) is 5.13 Å². The molecule has 1 aliphatic heterocycles. The number of carbonyl (C=O) groups is 1. The zero-order valence-corrected chi connectivity index (χ0v) is 16.2. The van der Waals surface area contributed by atoms with Gasteiger partial charge in [0.15, 0.2) is 0 Å². The van der Waals surface area contributed by atoms with Gasteiger partial charge in [-0.2, -0.15) is 8.42 Å². The highest BCUT2D eigenvalue weighted by Crippen LogP contribution is 2.34. The molecule has 1 aliphatic rings. The number of hydrogen-bond donors (Lipinski definition) is 1. The second-order valence-corrected chi connectivity index (χ2v) is 9.18. The fourth-order valence-corrected chi connectivity index (χ4v) is 5.55. The van der Waals surface area contributed by atoms with Gasteiger partial charge in [-0.1, -0.05) is 53.3 Å². The van der Waals surface area contributed by atoms with E-state index in [1.807, 2.05) is 12.1 Å². The number of anilines is 2. The molecule has 1 N–H and O–H groups in total. The van der Waals surface area contributed by atoms with Crippen LogP contribution in [0.25, 0.3) is 0 Å². The maximum Gasteiger partial charge on any atom is 0.293 e. The Hall–Kier alpha value is -2.49. The topological polar surface area (TPSA) is 92.3 Å². The minimum Gasteiger partial charge on any atom is -0.296 e. The van der Waals surface area contributed by atoms with Crippen molar-refractivity contribution in [1.82, 2.24) is 10.2 Å². The van der Waals surface area contributed by atoms with Crippen LogP contribution >= 0.6 is 22.9 Å². The molecule has 0 aliphatic carbocycles. The van der Waals surface area contributed by atoms with Crippen LogP contribution in [0.3, 0.4) is 0 Å². The van der Waals surface area contributed by atoms with Gasteiger partial charge >= 0.3 is 0 Å². The van der Waals surface area contributed by atoms with Crippen LogP contribution in [0, 0.1) is 0 Å². The van der Waals surface area contributed by atoms with Crippen molar-refractivity contribution in [1.29, 1.82) is 0 Å². The van der Waals surface area contributed by atoms with Crippen molar-refractivity contribution in [3.63, 3.8) is 0 Å². The predicted octanol–water partition coefficient (Wildman–Crippen LogP) is 3.20. The molecule has 2 aromatic carbocycles. The third-order valence-electron chi connectivity index (χ3n) is 4.10. The lowest BCUT2D eigenvalue weighted by molar-refractivity contribution is 0.102. The Kier molecular flexibility index (Phi) is 4.58. The number of halogens is 1. The van der Waals surface area contributed by atoms with Crippen LogP contribution in [0.2, 0.25) is 5.02 Å². The molecule has 0 bridgehead atoms. The monoisotopic (exact) mass is 420 g/mol. The lowest BCUT2D eigenvalue weighted by Gasteiger charge is -2.17. The molecule has 2 heterocycles. The number of benzene rings is 2. The van der Waals surface area contributed by atoms with Crippen LogP contribution in [0.5, 0.6) is 0 Å². The normalized spacial score (nSPS) is 13.4. The Morgan fingerprint density at radius 1 is 1.11 bits per heavy atom. The molecular weight excluding hydrogens is 408 g/mol. The summed E-state index contributed by atoms with van der Waals surface area (Å²) >= 11 is 6.80. The number of fused-ring (bicyclic) bond motifs is 1. The molecule has 1 amide bonds. The van der Waals surface area contributed by atoms with Gasteiger partial charge in [0.25, 0.3) is 20.3 Å². The first-order valence-electron chi connectivity index (χ1n) is 7.97. The summed E-state index contributed by atoms with van der Waals surface area (Å²) in [5, 5.41) is 10.5. The Morgan fingerprint density at radius 2 is 1.85 bits per heavy atom. The summed E-state index contributed by atoms with van der Waals surface area (Å²) < 4.78 is 27.0. The van der Waals surface area contributed by atoms with Gasteiger partial charge in [-0.3, -0.25) is 14.4 Å². The number of para-hydroxylation sites is 1. The molecule has 0 fully saturated rings. The fourth-order valence-electron chi connectivity index (χ4n) is 2.83. The van der Waals surface area contributed by atoms with Crippen molar-refractivity contribution >= 4 is 49.7 Å². The maximum absolute atomic E-state index is 12.9. The minimum absolute atomic E-state index is 0.0889. The largest absolute Gasteiger partial charge is 0.296 e. The molecule has 27 heavy (non-hydrogen) atoms. The number of sulfonamides is 1. The molecule has 1 aromatic heterocycles. The number of amides is 1. The first-order chi connectivity index (χ1) is 13.0. The Morgan fingerprint density at radius 3 is 2.67 bits per heavy atom. The molecule has 0 saturated heterocycles. The first-order valence-corrected chi connectivity index (χ1v) is 10.6. The third-order valence-corrected chi connectivity index (χ3v) is 7.43. The highest BCUT2D eigenvalue weighted by molar-refractivity contribution is 7.94. The standard InChI is InChI=1S/C17H13ClN4O3S2/c18-13-7-3-2-6-12(13)15(23)19-16-20-21-17(26-16)27(24,25)22-10-9-11-5-1-4-8-14(11)22/h1-8H,9-10H2,(H,19,20,23). The summed E-state index contributed by atoms with van der Waals surface area (Å²) in [6.45, 7) is 0.350. The van der Waals surface area contributed by atoms with E-state index in [-0.39, 0.29) is 15.0 Å². The van der Waals surface area contributed by atoms with Gasteiger partial charge in [-0.05, 0) is 30.2 Å².